The van der Waals surface area contributed by atoms with Crippen LogP contribution in [0.25, 0.3) is 0 Å². The third-order valence-electron chi connectivity index (χ3n) is 5.06. The molecule has 8 heteroatoms. The zero-order valence-corrected chi connectivity index (χ0v) is 18.0. The number of urea groups is 1. The number of carbonyl (C=O) groups excluding carboxylic acids is 2. The molecule has 0 atom stereocenters. The summed E-state index contributed by atoms with van der Waals surface area (Å²) in [5.74, 6) is -0.236. The van der Waals surface area contributed by atoms with Gasteiger partial charge in [0.25, 0.3) is 0 Å². The minimum absolute atomic E-state index is 0.200. The highest BCUT2D eigenvalue weighted by Gasteiger charge is 2.23. The number of amides is 2. The van der Waals surface area contributed by atoms with Crippen LogP contribution in [0.5, 0.6) is 0 Å². The molecule has 0 saturated carbocycles. The molecule has 0 fully saturated rings. The number of ether oxygens (including phenoxy) is 1. The Bertz CT molecular complexity index is 1070. The van der Waals surface area contributed by atoms with Crippen molar-refractivity contribution in [2.24, 2.45) is 0 Å². The van der Waals surface area contributed by atoms with E-state index in [9.17, 15) is 14.0 Å². The average Bonchev–Trinajstić information content (AvgIpc) is 3.33. The number of carbonyl (C=O) groups is 2. The zero-order chi connectivity index (χ0) is 22.5. The molecule has 2 N–H and O–H groups in total. The summed E-state index contributed by atoms with van der Waals surface area (Å²) in [6, 6.07) is 7.63. The molecule has 3 aromatic rings. The van der Waals surface area contributed by atoms with E-state index < -0.39 is 17.8 Å². The first-order valence-corrected chi connectivity index (χ1v) is 9.99. The molecular formula is C23H26FN3O4. The van der Waals surface area contributed by atoms with Gasteiger partial charge in [0, 0.05) is 17.9 Å². The van der Waals surface area contributed by atoms with Gasteiger partial charge in [-0.3, -0.25) is 0 Å². The van der Waals surface area contributed by atoms with Gasteiger partial charge in [-0.1, -0.05) is 6.07 Å². The normalized spacial score (nSPS) is 10.7. The molecule has 164 valence electrons. The lowest BCUT2D eigenvalue weighted by atomic mass is 10.1. The molecule has 0 radical (unpaired) electrons. The van der Waals surface area contributed by atoms with Crippen molar-refractivity contribution in [2.75, 3.05) is 11.9 Å². The van der Waals surface area contributed by atoms with Gasteiger partial charge in [-0.15, -0.1) is 0 Å². The summed E-state index contributed by atoms with van der Waals surface area (Å²) >= 11 is 0. The fourth-order valence-electron chi connectivity index (χ4n) is 3.29. The number of aromatic amines is 1. The van der Waals surface area contributed by atoms with Crippen LogP contribution < -0.4 is 5.32 Å². The molecule has 3 rings (SSSR count). The molecule has 2 aromatic heterocycles. The van der Waals surface area contributed by atoms with E-state index in [1.165, 1.54) is 17.2 Å². The van der Waals surface area contributed by atoms with E-state index in [-0.39, 0.29) is 19.7 Å². The van der Waals surface area contributed by atoms with Crippen LogP contribution in [0.1, 0.15) is 45.6 Å². The summed E-state index contributed by atoms with van der Waals surface area (Å²) in [7, 11) is 0. The minimum Gasteiger partial charge on any atom is -0.467 e. The summed E-state index contributed by atoms with van der Waals surface area (Å²) in [4.78, 5) is 29.9. The van der Waals surface area contributed by atoms with Gasteiger partial charge in [0.05, 0.1) is 19.4 Å². The van der Waals surface area contributed by atoms with E-state index in [2.05, 4.69) is 10.3 Å². The summed E-state index contributed by atoms with van der Waals surface area (Å²) in [6.07, 6.45) is 1.53. The first-order chi connectivity index (χ1) is 14.8. The molecule has 0 unspecified atom stereocenters. The number of hydrogen-bond acceptors (Lipinski definition) is 4. The maximum atomic E-state index is 13.9. The maximum Gasteiger partial charge on any atom is 0.355 e. The summed E-state index contributed by atoms with van der Waals surface area (Å²) in [5.41, 5.74) is 3.50. The number of H-pyrrole nitrogens is 1. The largest absolute Gasteiger partial charge is 0.467 e. The predicted octanol–water partition coefficient (Wildman–Crippen LogP) is 5.08. The summed E-state index contributed by atoms with van der Waals surface area (Å²) in [6.45, 7) is 7.73. The van der Waals surface area contributed by atoms with E-state index >= 15 is 0 Å². The quantitative estimate of drug-likeness (QED) is 0.515. The van der Waals surface area contributed by atoms with Crippen LogP contribution >= 0.6 is 0 Å². The number of hydrogen-bond donors (Lipinski definition) is 2. The van der Waals surface area contributed by atoms with Gasteiger partial charge in [0.1, 0.15) is 17.3 Å². The molecule has 31 heavy (non-hydrogen) atoms. The maximum absolute atomic E-state index is 13.9. The Balaban J connectivity index is 1.86. The topological polar surface area (TPSA) is 87.6 Å². The number of rotatable bonds is 7. The van der Waals surface area contributed by atoms with Gasteiger partial charge in [-0.05, 0) is 68.7 Å². The number of esters is 1. The third-order valence-corrected chi connectivity index (χ3v) is 5.06. The molecule has 0 spiro atoms. The number of furan rings is 1. The van der Waals surface area contributed by atoms with Gasteiger partial charge in [-0.2, -0.15) is 0 Å². The molecule has 0 aliphatic rings. The highest BCUT2D eigenvalue weighted by Crippen LogP contribution is 2.23. The Hall–Kier alpha value is -3.55. The van der Waals surface area contributed by atoms with Crippen molar-refractivity contribution >= 4 is 17.7 Å². The van der Waals surface area contributed by atoms with Crippen molar-refractivity contribution in [1.82, 2.24) is 9.88 Å². The lowest BCUT2D eigenvalue weighted by molar-refractivity contribution is 0.0519. The third kappa shape index (κ3) is 5.14. The van der Waals surface area contributed by atoms with E-state index in [1.807, 2.05) is 13.8 Å². The SMILES string of the molecule is CCOC(=O)c1[nH]c(C)c(CN(Cc2ccco2)C(=O)Nc2ccc(C)c(F)c2)c1C. The molecule has 0 aliphatic carbocycles. The first-order valence-electron chi connectivity index (χ1n) is 9.99. The predicted molar refractivity (Wildman–Crippen MR) is 114 cm³/mol. The van der Waals surface area contributed by atoms with E-state index in [1.54, 1.807) is 38.1 Å². The van der Waals surface area contributed by atoms with Crippen LogP contribution in [0.3, 0.4) is 0 Å². The molecule has 0 aliphatic heterocycles. The lowest BCUT2D eigenvalue weighted by Gasteiger charge is -2.23. The smallest absolute Gasteiger partial charge is 0.355 e. The van der Waals surface area contributed by atoms with Gasteiger partial charge >= 0.3 is 12.0 Å². The number of halogens is 1. The van der Waals surface area contributed by atoms with Crippen LogP contribution in [-0.4, -0.2) is 28.5 Å². The minimum atomic E-state index is -0.438. The van der Waals surface area contributed by atoms with Crippen LogP contribution in [0, 0.1) is 26.6 Å². The number of aromatic nitrogens is 1. The Kier molecular flexibility index (Phi) is 6.79. The highest BCUT2D eigenvalue weighted by atomic mass is 19.1. The van der Waals surface area contributed by atoms with E-state index in [0.29, 0.717) is 22.7 Å². The number of aryl methyl sites for hydroxylation is 2. The van der Waals surface area contributed by atoms with Crippen molar-refractivity contribution < 1.29 is 23.1 Å². The van der Waals surface area contributed by atoms with Crippen LogP contribution in [0.2, 0.25) is 0 Å². The van der Waals surface area contributed by atoms with Crippen molar-refractivity contribution in [1.29, 1.82) is 0 Å². The zero-order valence-electron chi connectivity index (χ0n) is 18.0. The second-order valence-electron chi connectivity index (χ2n) is 7.28. The number of nitrogens with one attached hydrogen (secondary N) is 2. The van der Waals surface area contributed by atoms with Crippen molar-refractivity contribution in [3.05, 3.63) is 76.3 Å². The van der Waals surface area contributed by atoms with Crippen molar-refractivity contribution in [3.8, 4) is 0 Å². The van der Waals surface area contributed by atoms with Gasteiger partial charge in [0.15, 0.2) is 0 Å². The first kappa shape index (κ1) is 22.1. The molecule has 7 nitrogen and oxygen atoms in total. The summed E-state index contributed by atoms with van der Waals surface area (Å²) < 4.78 is 24.4. The molecular weight excluding hydrogens is 401 g/mol. The van der Waals surface area contributed by atoms with Crippen LogP contribution in [-0.2, 0) is 17.8 Å². The molecule has 0 saturated heterocycles. The van der Waals surface area contributed by atoms with Gasteiger partial charge < -0.3 is 24.4 Å². The van der Waals surface area contributed by atoms with Crippen molar-refractivity contribution in [2.45, 2.75) is 40.8 Å². The fraction of sp³-hybridized carbons (Fsp3) is 0.304. The Morgan fingerprint density at radius 3 is 2.61 bits per heavy atom. The number of nitrogens with zero attached hydrogens (tertiary/aromatic N) is 1. The van der Waals surface area contributed by atoms with E-state index in [0.717, 1.165) is 16.8 Å². The molecule has 1 aromatic carbocycles. The van der Waals surface area contributed by atoms with E-state index in [4.69, 9.17) is 9.15 Å². The van der Waals surface area contributed by atoms with Gasteiger partial charge in [-0.25, -0.2) is 14.0 Å². The number of anilines is 1. The number of benzene rings is 1. The van der Waals surface area contributed by atoms with Gasteiger partial charge in [0.2, 0.25) is 0 Å². The fourth-order valence-corrected chi connectivity index (χ4v) is 3.29. The molecule has 0 bridgehead atoms. The Labute approximate surface area is 180 Å². The monoisotopic (exact) mass is 427 g/mol. The lowest BCUT2D eigenvalue weighted by Crippen LogP contribution is -2.34. The van der Waals surface area contributed by atoms with Crippen LogP contribution in [0.15, 0.2) is 41.0 Å². The summed E-state index contributed by atoms with van der Waals surface area (Å²) in [5, 5.41) is 2.74. The van der Waals surface area contributed by atoms with Crippen molar-refractivity contribution in [3.63, 3.8) is 0 Å². The Morgan fingerprint density at radius 2 is 1.97 bits per heavy atom. The second kappa shape index (κ2) is 9.51. The Morgan fingerprint density at radius 1 is 1.19 bits per heavy atom. The molecule has 2 amide bonds. The molecule has 2 heterocycles. The van der Waals surface area contributed by atoms with Crippen LogP contribution in [0.4, 0.5) is 14.9 Å². The average molecular weight is 427 g/mol. The highest BCUT2D eigenvalue weighted by molar-refractivity contribution is 5.91. The standard InChI is InChI=1S/C23H26FN3O4/c1-5-30-22(28)21-15(3)19(16(4)25-21)13-27(12-18-7-6-10-31-18)23(29)26-17-9-8-14(2)20(24)11-17/h6-11,25H,5,12-13H2,1-4H3,(H,26,29). The second-order valence-corrected chi connectivity index (χ2v) is 7.28.